The van der Waals surface area contributed by atoms with Crippen molar-refractivity contribution in [2.45, 2.75) is 90.0 Å². The first-order chi connectivity index (χ1) is 7.62. The fraction of sp³-hybridized carbons (Fsp3) is 1.00. The van der Waals surface area contributed by atoms with Crippen molar-refractivity contribution in [1.29, 1.82) is 0 Å². The summed E-state index contributed by atoms with van der Waals surface area (Å²) in [5.41, 5.74) is 6.64. The molecule has 96 valence electrons. The first-order valence-corrected chi connectivity index (χ1v) is 7.41. The molecule has 0 amide bonds. The molecular formula is C15H31N. The van der Waals surface area contributed by atoms with Crippen molar-refractivity contribution in [2.24, 2.45) is 11.7 Å². The Morgan fingerprint density at radius 1 is 0.938 bits per heavy atom. The van der Waals surface area contributed by atoms with Crippen LogP contribution < -0.4 is 5.73 Å². The average molecular weight is 225 g/mol. The zero-order chi connectivity index (χ0) is 11.9. The molecule has 0 radical (unpaired) electrons. The van der Waals surface area contributed by atoms with Gasteiger partial charge in [-0.25, -0.2) is 0 Å². The highest BCUT2D eigenvalue weighted by Crippen LogP contribution is 2.30. The van der Waals surface area contributed by atoms with Gasteiger partial charge in [0.1, 0.15) is 0 Å². The van der Waals surface area contributed by atoms with Crippen LogP contribution in [0.3, 0.4) is 0 Å². The SMILES string of the molecule is CC(C)CCCCCCC1(N)CCCCC1. The number of rotatable bonds is 7. The standard InChI is InChI=1S/C15H31N/c1-14(2)10-6-3-4-7-11-15(16)12-8-5-9-13-15/h14H,3-13,16H2,1-2H3. The highest BCUT2D eigenvalue weighted by atomic mass is 14.7. The van der Waals surface area contributed by atoms with Gasteiger partial charge in [-0.2, -0.15) is 0 Å². The number of hydrogen-bond acceptors (Lipinski definition) is 1. The monoisotopic (exact) mass is 225 g/mol. The van der Waals surface area contributed by atoms with Gasteiger partial charge in [-0.05, 0) is 25.2 Å². The van der Waals surface area contributed by atoms with E-state index in [4.69, 9.17) is 5.73 Å². The van der Waals surface area contributed by atoms with Crippen LogP contribution in [0, 0.1) is 5.92 Å². The van der Waals surface area contributed by atoms with E-state index in [1.54, 1.807) is 0 Å². The van der Waals surface area contributed by atoms with Crippen LogP contribution in [0.25, 0.3) is 0 Å². The molecule has 0 aromatic heterocycles. The lowest BCUT2D eigenvalue weighted by atomic mass is 9.79. The lowest BCUT2D eigenvalue weighted by Gasteiger charge is -2.33. The molecule has 0 saturated heterocycles. The molecule has 0 aromatic rings. The molecule has 0 spiro atoms. The van der Waals surface area contributed by atoms with Crippen LogP contribution in [0.4, 0.5) is 0 Å². The Bertz CT molecular complexity index is 168. The van der Waals surface area contributed by atoms with E-state index in [2.05, 4.69) is 13.8 Å². The number of hydrogen-bond donors (Lipinski definition) is 1. The van der Waals surface area contributed by atoms with Gasteiger partial charge in [-0.1, -0.05) is 65.2 Å². The Kier molecular flexibility index (Phi) is 6.41. The average Bonchev–Trinajstić information content (AvgIpc) is 2.24. The maximum absolute atomic E-state index is 6.42. The zero-order valence-corrected chi connectivity index (χ0v) is 11.4. The topological polar surface area (TPSA) is 26.0 Å². The Morgan fingerprint density at radius 3 is 2.19 bits per heavy atom. The van der Waals surface area contributed by atoms with E-state index in [0.29, 0.717) is 0 Å². The molecule has 16 heavy (non-hydrogen) atoms. The van der Waals surface area contributed by atoms with E-state index in [9.17, 15) is 0 Å². The van der Waals surface area contributed by atoms with Crippen LogP contribution in [-0.4, -0.2) is 5.54 Å². The maximum Gasteiger partial charge on any atom is 0.0154 e. The molecule has 1 nitrogen and oxygen atoms in total. The van der Waals surface area contributed by atoms with Gasteiger partial charge in [0.25, 0.3) is 0 Å². The van der Waals surface area contributed by atoms with Gasteiger partial charge < -0.3 is 5.73 Å². The van der Waals surface area contributed by atoms with Gasteiger partial charge in [0.05, 0.1) is 0 Å². The van der Waals surface area contributed by atoms with E-state index >= 15 is 0 Å². The van der Waals surface area contributed by atoms with Gasteiger partial charge >= 0.3 is 0 Å². The summed E-state index contributed by atoms with van der Waals surface area (Å²) in [7, 11) is 0. The van der Waals surface area contributed by atoms with Crippen LogP contribution >= 0.6 is 0 Å². The largest absolute Gasteiger partial charge is 0.325 e. The van der Waals surface area contributed by atoms with Crippen molar-refractivity contribution in [3.63, 3.8) is 0 Å². The normalized spacial score (nSPS) is 20.2. The molecule has 1 rings (SSSR count). The van der Waals surface area contributed by atoms with E-state index in [1.165, 1.54) is 70.6 Å². The summed E-state index contributed by atoms with van der Waals surface area (Å²) < 4.78 is 0. The summed E-state index contributed by atoms with van der Waals surface area (Å²) in [5.74, 6) is 0.874. The fourth-order valence-electron chi connectivity index (χ4n) is 2.89. The first kappa shape index (κ1) is 14.0. The molecular weight excluding hydrogens is 194 g/mol. The number of unbranched alkanes of at least 4 members (excludes halogenated alkanes) is 3. The quantitative estimate of drug-likeness (QED) is 0.627. The highest BCUT2D eigenvalue weighted by molar-refractivity contribution is 4.86. The van der Waals surface area contributed by atoms with Crippen LogP contribution in [0.1, 0.15) is 84.5 Å². The molecule has 0 bridgehead atoms. The van der Waals surface area contributed by atoms with Crippen LogP contribution in [0.5, 0.6) is 0 Å². The van der Waals surface area contributed by atoms with Crippen molar-refractivity contribution >= 4 is 0 Å². The predicted molar refractivity (Wildman–Crippen MR) is 72.5 cm³/mol. The molecule has 1 heteroatoms. The molecule has 1 aliphatic carbocycles. The Morgan fingerprint density at radius 2 is 1.56 bits per heavy atom. The van der Waals surface area contributed by atoms with Crippen LogP contribution in [0.15, 0.2) is 0 Å². The minimum absolute atomic E-state index is 0.219. The van der Waals surface area contributed by atoms with Crippen LogP contribution in [-0.2, 0) is 0 Å². The Labute approximate surface area is 102 Å². The van der Waals surface area contributed by atoms with E-state index in [0.717, 1.165) is 5.92 Å². The summed E-state index contributed by atoms with van der Waals surface area (Å²) >= 11 is 0. The van der Waals surface area contributed by atoms with Crippen molar-refractivity contribution in [3.05, 3.63) is 0 Å². The second-order valence-electron chi connectivity index (χ2n) is 6.27. The van der Waals surface area contributed by atoms with E-state index < -0.39 is 0 Å². The zero-order valence-electron chi connectivity index (χ0n) is 11.4. The molecule has 2 N–H and O–H groups in total. The second kappa shape index (κ2) is 7.32. The second-order valence-corrected chi connectivity index (χ2v) is 6.27. The smallest absolute Gasteiger partial charge is 0.0154 e. The highest BCUT2D eigenvalue weighted by Gasteiger charge is 2.26. The molecule has 1 saturated carbocycles. The third kappa shape index (κ3) is 5.89. The predicted octanol–water partition coefficient (Wildman–Crippen LogP) is 4.64. The summed E-state index contributed by atoms with van der Waals surface area (Å²) in [6, 6.07) is 0. The van der Waals surface area contributed by atoms with Crippen molar-refractivity contribution in [2.75, 3.05) is 0 Å². The molecule has 1 fully saturated rings. The van der Waals surface area contributed by atoms with Gasteiger partial charge in [-0.15, -0.1) is 0 Å². The fourth-order valence-corrected chi connectivity index (χ4v) is 2.89. The van der Waals surface area contributed by atoms with Crippen molar-refractivity contribution in [3.8, 4) is 0 Å². The van der Waals surface area contributed by atoms with Gasteiger partial charge in [0, 0.05) is 5.54 Å². The lowest BCUT2D eigenvalue weighted by Crippen LogP contribution is -2.41. The molecule has 0 atom stereocenters. The molecule has 0 heterocycles. The summed E-state index contributed by atoms with van der Waals surface area (Å²) in [5, 5.41) is 0. The third-order valence-electron chi connectivity index (χ3n) is 4.06. The van der Waals surface area contributed by atoms with Crippen molar-refractivity contribution in [1.82, 2.24) is 0 Å². The molecule has 0 aliphatic heterocycles. The Balaban J connectivity index is 1.97. The Hall–Kier alpha value is -0.0400. The van der Waals surface area contributed by atoms with Crippen molar-refractivity contribution < 1.29 is 0 Å². The van der Waals surface area contributed by atoms with Gasteiger partial charge in [-0.3, -0.25) is 0 Å². The van der Waals surface area contributed by atoms with E-state index in [-0.39, 0.29) is 5.54 Å². The molecule has 0 unspecified atom stereocenters. The lowest BCUT2D eigenvalue weighted by molar-refractivity contribution is 0.269. The summed E-state index contributed by atoms with van der Waals surface area (Å²) in [6.07, 6.45) is 14.9. The van der Waals surface area contributed by atoms with Gasteiger partial charge in [0.2, 0.25) is 0 Å². The summed E-state index contributed by atoms with van der Waals surface area (Å²) in [6.45, 7) is 4.63. The number of nitrogens with two attached hydrogens (primary N) is 1. The minimum Gasteiger partial charge on any atom is -0.325 e. The minimum atomic E-state index is 0.219. The summed E-state index contributed by atoms with van der Waals surface area (Å²) in [4.78, 5) is 0. The maximum atomic E-state index is 6.42. The molecule has 0 aromatic carbocycles. The molecule has 1 aliphatic rings. The first-order valence-electron chi connectivity index (χ1n) is 7.41. The van der Waals surface area contributed by atoms with E-state index in [1.807, 2.05) is 0 Å². The van der Waals surface area contributed by atoms with Gasteiger partial charge in [0.15, 0.2) is 0 Å². The van der Waals surface area contributed by atoms with Crippen LogP contribution in [0.2, 0.25) is 0 Å². The third-order valence-corrected chi connectivity index (χ3v) is 4.06.